The minimum absolute atomic E-state index is 0.0948. The second-order valence-corrected chi connectivity index (χ2v) is 6.10. The number of nitrogens with zero attached hydrogens (tertiary/aromatic N) is 2. The van der Waals surface area contributed by atoms with Crippen LogP contribution < -0.4 is 0 Å². The number of carbonyl (C=O) groups is 1. The predicted octanol–water partition coefficient (Wildman–Crippen LogP) is 2.61. The molecule has 1 heterocycles. The monoisotopic (exact) mass is 342 g/mol. The van der Waals surface area contributed by atoms with Gasteiger partial charge in [-0.05, 0) is 35.8 Å². The zero-order chi connectivity index (χ0) is 14.9. The zero-order valence-electron chi connectivity index (χ0n) is 11.3. The third-order valence-electron chi connectivity index (χ3n) is 3.28. The molecule has 7 heteroatoms. The number of hydrogen-bond donors (Lipinski definition) is 0. The molecule has 1 fully saturated rings. The summed E-state index contributed by atoms with van der Waals surface area (Å²) in [5.41, 5.74) is -0.226. The van der Waals surface area contributed by atoms with Gasteiger partial charge in [0.15, 0.2) is 0 Å². The molecule has 2 rings (SSSR count). The molecule has 0 spiro atoms. The van der Waals surface area contributed by atoms with E-state index in [1.54, 1.807) is 4.90 Å². The van der Waals surface area contributed by atoms with Crippen molar-refractivity contribution >= 4 is 27.5 Å². The summed E-state index contributed by atoms with van der Waals surface area (Å²) in [6.07, 6.45) is 0. The van der Waals surface area contributed by atoms with E-state index in [1.165, 1.54) is 18.2 Å². The number of nitro benzene ring substituents is 1. The number of amides is 1. The van der Waals surface area contributed by atoms with Crippen LogP contribution in [-0.2, 0) is 4.74 Å². The zero-order valence-corrected chi connectivity index (χ0v) is 12.8. The van der Waals surface area contributed by atoms with Crippen molar-refractivity contribution in [2.45, 2.75) is 19.4 Å². The minimum atomic E-state index is -0.506. The van der Waals surface area contributed by atoms with Crippen molar-refractivity contribution in [3.05, 3.63) is 38.3 Å². The van der Waals surface area contributed by atoms with Crippen molar-refractivity contribution in [3.63, 3.8) is 0 Å². The Morgan fingerprint density at radius 1 is 1.50 bits per heavy atom. The number of benzene rings is 1. The summed E-state index contributed by atoms with van der Waals surface area (Å²) in [5.74, 6) is -0.228. The molecule has 1 aromatic rings. The number of nitro groups is 1. The Bertz CT molecular complexity index is 559. The van der Waals surface area contributed by atoms with E-state index in [4.69, 9.17) is 4.74 Å². The standard InChI is InChI=1S/C13H15BrN2O4/c1-13(2)8-20-6-5-15(13)12(17)10-7-9(16(18)19)3-4-11(10)14/h3-4,7H,5-6,8H2,1-2H3. The highest BCUT2D eigenvalue weighted by atomic mass is 79.9. The summed E-state index contributed by atoms with van der Waals surface area (Å²) in [4.78, 5) is 24.7. The molecular weight excluding hydrogens is 328 g/mol. The maximum atomic E-state index is 12.6. The Balaban J connectivity index is 2.37. The van der Waals surface area contributed by atoms with Crippen LogP contribution in [0.25, 0.3) is 0 Å². The average molecular weight is 343 g/mol. The van der Waals surface area contributed by atoms with Crippen LogP contribution in [0.1, 0.15) is 24.2 Å². The Morgan fingerprint density at radius 3 is 2.80 bits per heavy atom. The third-order valence-corrected chi connectivity index (χ3v) is 3.97. The van der Waals surface area contributed by atoms with E-state index in [9.17, 15) is 14.9 Å². The van der Waals surface area contributed by atoms with Crippen LogP contribution in [0.4, 0.5) is 5.69 Å². The number of morpholine rings is 1. The van der Waals surface area contributed by atoms with Crippen LogP contribution in [0.2, 0.25) is 0 Å². The normalized spacial score (nSPS) is 17.9. The van der Waals surface area contributed by atoms with Crippen molar-refractivity contribution in [3.8, 4) is 0 Å². The summed E-state index contributed by atoms with van der Waals surface area (Å²) >= 11 is 3.28. The maximum Gasteiger partial charge on any atom is 0.270 e. The van der Waals surface area contributed by atoms with Crippen molar-refractivity contribution in [2.75, 3.05) is 19.8 Å². The third kappa shape index (κ3) is 2.83. The molecule has 1 aromatic carbocycles. The molecule has 1 saturated heterocycles. The summed E-state index contributed by atoms with van der Waals surface area (Å²) in [5, 5.41) is 10.8. The first-order valence-corrected chi connectivity index (χ1v) is 6.96. The quantitative estimate of drug-likeness (QED) is 0.611. The van der Waals surface area contributed by atoms with E-state index < -0.39 is 10.5 Å². The Morgan fingerprint density at radius 2 is 2.20 bits per heavy atom. The highest BCUT2D eigenvalue weighted by Crippen LogP contribution is 2.27. The largest absolute Gasteiger partial charge is 0.377 e. The number of carbonyl (C=O) groups excluding carboxylic acids is 1. The molecule has 0 atom stereocenters. The Kier molecular flexibility index (Phi) is 4.10. The number of hydrogen-bond acceptors (Lipinski definition) is 4. The molecular formula is C13H15BrN2O4. The van der Waals surface area contributed by atoms with Gasteiger partial charge >= 0.3 is 0 Å². The Labute approximate surface area is 125 Å². The van der Waals surface area contributed by atoms with E-state index in [1.807, 2.05) is 13.8 Å². The second-order valence-electron chi connectivity index (χ2n) is 5.24. The molecule has 1 aliphatic rings. The minimum Gasteiger partial charge on any atom is -0.377 e. The SMILES string of the molecule is CC1(C)COCCN1C(=O)c1cc([N+](=O)[O-])ccc1Br. The van der Waals surface area contributed by atoms with Crippen molar-refractivity contribution in [1.82, 2.24) is 4.90 Å². The van der Waals surface area contributed by atoms with Crippen LogP contribution >= 0.6 is 15.9 Å². The van der Waals surface area contributed by atoms with Gasteiger partial charge in [0.05, 0.1) is 29.2 Å². The maximum absolute atomic E-state index is 12.6. The molecule has 0 aromatic heterocycles. The van der Waals surface area contributed by atoms with Gasteiger partial charge in [0.1, 0.15) is 0 Å². The van der Waals surface area contributed by atoms with Crippen LogP contribution in [0.5, 0.6) is 0 Å². The van der Waals surface area contributed by atoms with Crippen LogP contribution in [0.3, 0.4) is 0 Å². The topological polar surface area (TPSA) is 72.7 Å². The van der Waals surface area contributed by atoms with E-state index in [-0.39, 0.29) is 11.6 Å². The molecule has 6 nitrogen and oxygen atoms in total. The molecule has 0 aliphatic carbocycles. The lowest BCUT2D eigenvalue weighted by Gasteiger charge is -2.42. The van der Waals surface area contributed by atoms with Gasteiger partial charge in [0.2, 0.25) is 0 Å². The molecule has 0 bridgehead atoms. The van der Waals surface area contributed by atoms with Gasteiger partial charge in [-0.3, -0.25) is 14.9 Å². The fourth-order valence-corrected chi connectivity index (χ4v) is 2.59. The van der Waals surface area contributed by atoms with Gasteiger partial charge < -0.3 is 9.64 Å². The second kappa shape index (κ2) is 5.49. The van der Waals surface area contributed by atoms with Gasteiger partial charge in [-0.25, -0.2) is 0 Å². The smallest absolute Gasteiger partial charge is 0.270 e. The van der Waals surface area contributed by atoms with Crippen LogP contribution in [0.15, 0.2) is 22.7 Å². The van der Waals surface area contributed by atoms with Gasteiger partial charge in [-0.15, -0.1) is 0 Å². The number of non-ortho nitro benzene ring substituents is 1. The van der Waals surface area contributed by atoms with E-state index in [2.05, 4.69) is 15.9 Å². The molecule has 0 unspecified atom stereocenters. The predicted molar refractivity (Wildman–Crippen MR) is 76.7 cm³/mol. The first-order chi connectivity index (χ1) is 9.33. The lowest BCUT2D eigenvalue weighted by molar-refractivity contribution is -0.384. The van der Waals surface area contributed by atoms with E-state index >= 15 is 0 Å². The highest BCUT2D eigenvalue weighted by molar-refractivity contribution is 9.10. The lowest BCUT2D eigenvalue weighted by Crippen LogP contribution is -2.55. The Hall–Kier alpha value is -1.47. The lowest BCUT2D eigenvalue weighted by atomic mass is 10.0. The molecule has 1 aliphatic heterocycles. The first kappa shape index (κ1) is 14.9. The van der Waals surface area contributed by atoms with Crippen molar-refractivity contribution in [1.29, 1.82) is 0 Å². The number of halogens is 1. The average Bonchev–Trinajstić information content (AvgIpc) is 2.37. The summed E-state index contributed by atoms with van der Waals surface area (Å²) in [6, 6.07) is 4.20. The molecule has 108 valence electrons. The number of rotatable bonds is 2. The fourth-order valence-electron chi connectivity index (χ4n) is 2.17. The van der Waals surface area contributed by atoms with Crippen molar-refractivity contribution in [2.24, 2.45) is 0 Å². The first-order valence-electron chi connectivity index (χ1n) is 6.16. The molecule has 0 N–H and O–H groups in total. The molecule has 0 saturated carbocycles. The molecule has 0 radical (unpaired) electrons. The summed E-state index contributed by atoms with van der Waals surface area (Å²) < 4.78 is 5.93. The van der Waals surface area contributed by atoms with Gasteiger partial charge in [0, 0.05) is 23.2 Å². The van der Waals surface area contributed by atoms with E-state index in [0.717, 1.165) is 0 Å². The van der Waals surface area contributed by atoms with Crippen LogP contribution in [0, 0.1) is 10.1 Å². The fraction of sp³-hybridized carbons (Fsp3) is 0.462. The van der Waals surface area contributed by atoms with Gasteiger partial charge in [-0.1, -0.05) is 0 Å². The summed E-state index contributed by atoms with van der Waals surface area (Å²) in [7, 11) is 0. The number of ether oxygens (including phenoxy) is 1. The van der Waals surface area contributed by atoms with E-state index in [0.29, 0.717) is 29.8 Å². The molecule has 1 amide bonds. The van der Waals surface area contributed by atoms with Crippen molar-refractivity contribution < 1.29 is 14.5 Å². The molecule has 20 heavy (non-hydrogen) atoms. The van der Waals surface area contributed by atoms with Crippen LogP contribution in [-0.4, -0.2) is 41.0 Å². The van der Waals surface area contributed by atoms with Gasteiger partial charge in [-0.2, -0.15) is 0 Å². The van der Waals surface area contributed by atoms with Gasteiger partial charge in [0.25, 0.3) is 11.6 Å². The highest BCUT2D eigenvalue weighted by Gasteiger charge is 2.35. The summed E-state index contributed by atoms with van der Waals surface area (Å²) in [6.45, 7) is 5.22.